The van der Waals surface area contributed by atoms with Crippen molar-refractivity contribution in [2.75, 3.05) is 0 Å². The second-order valence-corrected chi connectivity index (χ2v) is 8.93. The van der Waals surface area contributed by atoms with Crippen molar-refractivity contribution >= 4 is 12.6 Å². The first-order chi connectivity index (χ1) is 19.3. The summed E-state index contributed by atoms with van der Waals surface area (Å²) in [5.74, 6) is -2.32. The van der Waals surface area contributed by atoms with Crippen molar-refractivity contribution in [2.45, 2.75) is 33.1 Å². The van der Waals surface area contributed by atoms with Crippen molar-refractivity contribution in [2.24, 2.45) is 0 Å². The van der Waals surface area contributed by atoms with E-state index in [0.717, 1.165) is 36.4 Å². The molecule has 0 aromatic heterocycles. The molecule has 0 atom stereocenters. The van der Waals surface area contributed by atoms with Crippen LogP contribution in [0.3, 0.4) is 0 Å². The molecular formula is C29H23BF10O2. The molecule has 0 radical (unpaired) electrons. The number of benzene rings is 4. The molecule has 2 nitrogen and oxygen atoms in total. The van der Waals surface area contributed by atoms with Crippen molar-refractivity contribution < 1.29 is 54.0 Å². The Morgan fingerprint density at radius 3 is 1.31 bits per heavy atom. The molecule has 0 fully saturated rings. The fourth-order valence-electron chi connectivity index (χ4n) is 3.54. The largest absolute Gasteiger partial charge is 0.489 e. The Labute approximate surface area is 235 Å². The minimum Gasteiger partial charge on any atom is -0.423 e. The van der Waals surface area contributed by atoms with Gasteiger partial charge < -0.3 is 10.0 Å². The van der Waals surface area contributed by atoms with Crippen LogP contribution in [0.2, 0.25) is 0 Å². The third-order valence-corrected chi connectivity index (χ3v) is 5.76. The summed E-state index contributed by atoms with van der Waals surface area (Å²) in [6.07, 6.45) is -9.18. The predicted molar refractivity (Wildman–Crippen MR) is 139 cm³/mol. The van der Waals surface area contributed by atoms with Gasteiger partial charge in [0.2, 0.25) is 0 Å². The normalized spacial score (nSPS) is 11.2. The van der Waals surface area contributed by atoms with Crippen LogP contribution in [-0.4, -0.2) is 17.2 Å². The molecule has 4 rings (SSSR count). The Morgan fingerprint density at radius 1 is 0.500 bits per heavy atom. The minimum atomic E-state index is -4.62. The van der Waals surface area contributed by atoms with Crippen LogP contribution in [0.15, 0.2) is 72.8 Å². The number of rotatable bonds is 2. The average molecular weight is 604 g/mol. The first-order valence-electron chi connectivity index (χ1n) is 11.9. The Bertz CT molecular complexity index is 1470. The second-order valence-electron chi connectivity index (χ2n) is 8.93. The Kier molecular flexibility index (Phi) is 11.4. The summed E-state index contributed by atoms with van der Waals surface area (Å²) in [5, 5.41) is 17.2. The van der Waals surface area contributed by atoms with Crippen LogP contribution in [0.25, 0.3) is 11.1 Å². The van der Waals surface area contributed by atoms with Crippen molar-refractivity contribution in [3.05, 3.63) is 124 Å². The van der Waals surface area contributed by atoms with Gasteiger partial charge in [-0.2, -0.15) is 26.3 Å². The van der Waals surface area contributed by atoms with Crippen molar-refractivity contribution in [1.82, 2.24) is 0 Å². The zero-order valence-corrected chi connectivity index (χ0v) is 22.2. The van der Waals surface area contributed by atoms with Gasteiger partial charge in [-0.05, 0) is 78.8 Å². The van der Waals surface area contributed by atoms with Gasteiger partial charge in [0, 0.05) is 5.56 Å². The molecular weight excluding hydrogens is 581 g/mol. The lowest BCUT2D eigenvalue weighted by atomic mass is 9.77. The number of aryl methyl sites for hydroxylation is 3. The van der Waals surface area contributed by atoms with Gasteiger partial charge >= 0.3 is 19.5 Å². The SMILES string of the molecule is Cc1cc(F)c(-c2ccccc2C(F)(F)F)cc1F.Cc1cc(F)c(C)cc1F.OB(O)c1ccccc1C(F)(F)F. The van der Waals surface area contributed by atoms with Gasteiger partial charge in [0.1, 0.15) is 23.3 Å². The molecule has 42 heavy (non-hydrogen) atoms. The molecule has 0 saturated heterocycles. The number of hydrogen-bond donors (Lipinski definition) is 2. The minimum absolute atomic E-state index is 0.0470. The molecule has 13 heteroatoms. The maximum Gasteiger partial charge on any atom is 0.489 e. The van der Waals surface area contributed by atoms with Crippen LogP contribution in [0, 0.1) is 44.0 Å². The van der Waals surface area contributed by atoms with E-state index in [2.05, 4.69) is 0 Å². The second kappa shape index (κ2) is 13.9. The van der Waals surface area contributed by atoms with Crippen LogP contribution in [0.4, 0.5) is 43.9 Å². The molecule has 224 valence electrons. The van der Waals surface area contributed by atoms with Gasteiger partial charge in [0.25, 0.3) is 0 Å². The fraction of sp³-hybridized carbons (Fsp3) is 0.172. The standard InChI is InChI=1S/C14H9F5.C8H8F2.C7H6BF3O2/c1-8-6-13(16)10(7-12(8)15)9-4-2-3-5-11(9)14(17,18)19;1-5-3-8(10)6(2)4-7(5)9;9-7(10,11)5-3-1-2-4-6(5)8(12)13/h2-7H,1H3;3-4H,1-2H3;1-4,12-13H. The molecule has 0 aliphatic carbocycles. The Morgan fingerprint density at radius 2 is 0.881 bits per heavy atom. The van der Waals surface area contributed by atoms with E-state index in [-0.39, 0.29) is 22.8 Å². The zero-order valence-electron chi connectivity index (χ0n) is 22.2. The molecule has 4 aromatic rings. The summed E-state index contributed by atoms with van der Waals surface area (Å²) in [7, 11) is -2.10. The summed E-state index contributed by atoms with van der Waals surface area (Å²) in [6.45, 7) is 4.42. The van der Waals surface area contributed by atoms with Gasteiger partial charge in [-0.1, -0.05) is 42.5 Å². The zero-order chi connectivity index (χ0) is 32.0. The van der Waals surface area contributed by atoms with Crippen LogP contribution in [0.1, 0.15) is 27.8 Å². The summed E-state index contributed by atoms with van der Waals surface area (Å²) >= 11 is 0. The van der Waals surface area contributed by atoms with E-state index in [4.69, 9.17) is 10.0 Å². The van der Waals surface area contributed by atoms with E-state index in [9.17, 15) is 43.9 Å². The molecule has 0 amide bonds. The smallest absolute Gasteiger partial charge is 0.423 e. The fourth-order valence-corrected chi connectivity index (χ4v) is 3.54. The quantitative estimate of drug-likeness (QED) is 0.180. The highest BCUT2D eigenvalue weighted by atomic mass is 19.4. The van der Waals surface area contributed by atoms with E-state index in [1.807, 2.05) is 0 Å². The highest BCUT2D eigenvalue weighted by Crippen LogP contribution is 2.38. The van der Waals surface area contributed by atoms with Crippen LogP contribution < -0.4 is 5.46 Å². The van der Waals surface area contributed by atoms with Crippen LogP contribution >= 0.6 is 0 Å². The van der Waals surface area contributed by atoms with Gasteiger partial charge in [-0.15, -0.1) is 0 Å². The van der Waals surface area contributed by atoms with E-state index in [1.54, 1.807) is 0 Å². The van der Waals surface area contributed by atoms with E-state index < -0.39 is 53.3 Å². The first kappa shape index (κ1) is 34.4. The number of alkyl halides is 6. The molecule has 0 bridgehead atoms. The molecule has 0 spiro atoms. The molecule has 0 unspecified atom stereocenters. The van der Waals surface area contributed by atoms with E-state index in [1.165, 1.54) is 57.2 Å². The lowest BCUT2D eigenvalue weighted by Crippen LogP contribution is -2.35. The average Bonchev–Trinajstić information content (AvgIpc) is 2.89. The summed E-state index contributed by atoms with van der Waals surface area (Å²) in [6, 6.07) is 12.9. The van der Waals surface area contributed by atoms with Gasteiger partial charge in [-0.3, -0.25) is 0 Å². The molecule has 0 aliphatic heterocycles. The molecule has 0 saturated carbocycles. The van der Waals surface area contributed by atoms with Crippen molar-refractivity contribution in [3.63, 3.8) is 0 Å². The highest BCUT2D eigenvalue weighted by Gasteiger charge is 2.36. The predicted octanol–water partition coefficient (Wildman–Crippen LogP) is 7.93. The maximum absolute atomic E-state index is 13.8. The van der Waals surface area contributed by atoms with E-state index >= 15 is 0 Å². The number of hydrogen-bond acceptors (Lipinski definition) is 2. The Balaban J connectivity index is 0.000000234. The Hall–Kier alpha value is -3.84. The summed E-state index contributed by atoms with van der Waals surface area (Å²) < 4.78 is 127. The molecule has 4 aromatic carbocycles. The summed E-state index contributed by atoms with van der Waals surface area (Å²) in [4.78, 5) is 0. The van der Waals surface area contributed by atoms with E-state index in [0.29, 0.717) is 11.1 Å². The van der Waals surface area contributed by atoms with Gasteiger partial charge in [0.15, 0.2) is 0 Å². The number of halogens is 10. The molecule has 0 heterocycles. The van der Waals surface area contributed by atoms with Crippen LogP contribution in [-0.2, 0) is 12.4 Å². The van der Waals surface area contributed by atoms with Crippen molar-refractivity contribution in [1.29, 1.82) is 0 Å². The van der Waals surface area contributed by atoms with Gasteiger partial charge in [-0.25, -0.2) is 17.6 Å². The topological polar surface area (TPSA) is 40.5 Å². The van der Waals surface area contributed by atoms with Crippen molar-refractivity contribution in [3.8, 4) is 11.1 Å². The lowest BCUT2D eigenvalue weighted by molar-refractivity contribution is -0.137. The lowest BCUT2D eigenvalue weighted by Gasteiger charge is -2.13. The first-order valence-corrected chi connectivity index (χ1v) is 11.9. The third kappa shape index (κ3) is 9.08. The highest BCUT2D eigenvalue weighted by molar-refractivity contribution is 6.59. The molecule has 2 N–H and O–H groups in total. The maximum atomic E-state index is 13.8. The molecule has 0 aliphatic rings. The van der Waals surface area contributed by atoms with Crippen LogP contribution in [0.5, 0.6) is 0 Å². The summed E-state index contributed by atoms with van der Waals surface area (Å²) in [5.41, 5.74) is -2.56. The third-order valence-electron chi connectivity index (χ3n) is 5.76. The monoisotopic (exact) mass is 604 g/mol. The van der Waals surface area contributed by atoms with Gasteiger partial charge in [0.05, 0.1) is 11.1 Å².